The van der Waals surface area contributed by atoms with Gasteiger partial charge < -0.3 is 5.32 Å². The number of nitrogens with one attached hydrogen (secondary N) is 1. The Hall–Kier alpha value is -0.860. The summed E-state index contributed by atoms with van der Waals surface area (Å²) in [5, 5.41) is 3.70. The van der Waals surface area contributed by atoms with E-state index in [1.54, 1.807) is 0 Å². The van der Waals surface area contributed by atoms with Gasteiger partial charge in [0, 0.05) is 18.6 Å². The van der Waals surface area contributed by atoms with Crippen LogP contribution >= 0.6 is 0 Å². The molecule has 2 heteroatoms. The maximum Gasteiger partial charge on any atom is 0.0320 e. The van der Waals surface area contributed by atoms with E-state index >= 15 is 0 Å². The van der Waals surface area contributed by atoms with Crippen molar-refractivity contribution in [1.82, 2.24) is 10.2 Å². The number of likely N-dealkylation sites (tertiary alicyclic amines) is 1. The molecule has 1 aromatic rings. The van der Waals surface area contributed by atoms with Gasteiger partial charge in [-0.1, -0.05) is 30.3 Å². The van der Waals surface area contributed by atoms with E-state index in [0.717, 1.165) is 12.0 Å². The topological polar surface area (TPSA) is 15.3 Å². The normalized spacial score (nSPS) is 26.3. The van der Waals surface area contributed by atoms with Crippen LogP contribution in [0.5, 0.6) is 0 Å². The summed E-state index contributed by atoms with van der Waals surface area (Å²) in [6.07, 6.45) is 5.56. The summed E-state index contributed by atoms with van der Waals surface area (Å²) in [6.45, 7) is 6.10. The summed E-state index contributed by atoms with van der Waals surface area (Å²) < 4.78 is 0. The van der Waals surface area contributed by atoms with Crippen LogP contribution in [0.1, 0.15) is 44.2 Å². The number of rotatable bonds is 5. The summed E-state index contributed by atoms with van der Waals surface area (Å²) in [5.74, 6) is 0.848. The molecule has 1 heterocycles. The third-order valence-electron chi connectivity index (χ3n) is 4.65. The minimum absolute atomic E-state index is 0.560. The van der Waals surface area contributed by atoms with E-state index in [1.807, 2.05) is 0 Å². The molecule has 1 saturated heterocycles. The molecule has 0 amide bonds. The Balaban J connectivity index is 1.54. The largest absolute Gasteiger partial charge is 0.314 e. The van der Waals surface area contributed by atoms with E-state index in [2.05, 4.69) is 47.5 Å². The van der Waals surface area contributed by atoms with Crippen LogP contribution in [0.15, 0.2) is 30.3 Å². The molecule has 2 aliphatic rings. The highest BCUT2D eigenvalue weighted by Crippen LogP contribution is 2.27. The van der Waals surface area contributed by atoms with Crippen molar-refractivity contribution in [2.24, 2.45) is 5.92 Å². The second-order valence-corrected chi connectivity index (χ2v) is 6.27. The van der Waals surface area contributed by atoms with Crippen molar-refractivity contribution >= 4 is 0 Å². The standard InChI is InChI=1S/C17H26N2/c1-14(16-7-3-2-4-8-16)19-11-5-6-15(13-19)12-18-17-9-10-17/h2-4,7-8,14-15,17-18H,5-6,9-13H2,1H3. The molecule has 1 N–H and O–H groups in total. The zero-order valence-corrected chi connectivity index (χ0v) is 12.0. The fourth-order valence-corrected chi connectivity index (χ4v) is 3.18. The molecule has 2 atom stereocenters. The lowest BCUT2D eigenvalue weighted by Gasteiger charge is -2.37. The monoisotopic (exact) mass is 258 g/mol. The molecule has 1 aliphatic carbocycles. The Morgan fingerprint density at radius 2 is 2.00 bits per heavy atom. The first-order chi connectivity index (χ1) is 9.33. The van der Waals surface area contributed by atoms with Crippen LogP contribution in [-0.4, -0.2) is 30.6 Å². The highest BCUT2D eigenvalue weighted by Gasteiger charge is 2.26. The van der Waals surface area contributed by atoms with Crippen LogP contribution in [-0.2, 0) is 0 Å². The minimum Gasteiger partial charge on any atom is -0.314 e. The van der Waals surface area contributed by atoms with Crippen molar-refractivity contribution in [3.05, 3.63) is 35.9 Å². The lowest BCUT2D eigenvalue weighted by atomic mass is 9.95. The second kappa shape index (κ2) is 6.06. The van der Waals surface area contributed by atoms with Gasteiger partial charge in [0.25, 0.3) is 0 Å². The first-order valence-corrected chi connectivity index (χ1v) is 7.85. The van der Waals surface area contributed by atoms with E-state index in [-0.39, 0.29) is 0 Å². The van der Waals surface area contributed by atoms with E-state index in [9.17, 15) is 0 Å². The Bertz CT molecular complexity index is 386. The molecule has 2 nitrogen and oxygen atoms in total. The quantitative estimate of drug-likeness (QED) is 0.872. The van der Waals surface area contributed by atoms with Crippen LogP contribution < -0.4 is 5.32 Å². The molecule has 0 radical (unpaired) electrons. The Labute approximate surface area is 117 Å². The molecule has 2 fully saturated rings. The van der Waals surface area contributed by atoms with Crippen LogP contribution in [0.4, 0.5) is 0 Å². The Morgan fingerprint density at radius 1 is 1.21 bits per heavy atom. The van der Waals surface area contributed by atoms with Gasteiger partial charge in [0.1, 0.15) is 0 Å². The summed E-state index contributed by atoms with van der Waals surface area (Å²) in [6, 6.07) is 12.3. The van der Waals surface area contributed by atoms with Gasteiger partial charge in [0.15, 0.2) is 0 Å². The maximum atomic E-state index is 3.70. The van der Waals surface area contributed by atoms with Gasteiger partial charge in [0.05, 0.1) is 0 Å². The maximum absolute atomic E-state index is 3.70. The SMILES string of the molecule is CC(c1ccccc1)N1CCCC(CNC2CC2)C1. The van der Waals surface area contributed by atoms with Crippen LogP contribution in [0.2, 0.25) is 0 Å². The highest BCUT2D eigenvalue weighted by molar-refractivity contribution is 5.18. The average Bonchev–Trinajstić information content (AvgIpc) is 3.30. The number of nitrogens with zero attached hydrogens (tertiary/aromatic N) is 1. The van der Waals surface area contributed by atoms with E-state index in [0.29, 0.717) is 6.04 Å². The van der Waals surface area contributed by atoms with Crippen molar-refractivity contribution in [2.75, 3.05) is 19.6 Å². The zero-order chi connectivity index (χ0) is 13.1. The Morgan fingerprint density at radius 3 is 2.74 bits per heavy atom. The molecule has 3 rings (SSSR count). The number of hydrogen-bond donors (Lipinski definition) is 1. The summed E-state index contributed by atoms with van der Waals surface area (Å²) in [5.41, 5.74) is 1.46. The molecule has 1 saturated carbocycles. The zero-order valence-electron chi connectivity index (χ0n) is 12.0. The van der Waals surface area contributed by atoms with Gasteiger partial charge in [-0.3, -0.25) is 4.90 Å². The van der Waals surface area contributed by atoms with Gasteiger partial charge in [-0.25, -0.2) is 0 Å². The molecule has 2 unspecified atom stereocenters. The molecule has 104 valence electrons. The van der Waals surface area contributed by atoms with Gasteiger partial charge in [-0.2, -0.15) is 0 Å². The summed E-state index contributed by atoms with van der Waals surface area (Å²) in [7, 11) is 0. The van der Waals surface area contributed by atoms with Gasteiger partial charge in [0.2, 0.25) is 0 Å². The predicted molar refractivity (Wildman–Crippen MR) is 80.2 cm³/mol. The first-order valence-electron chi connectivity index (χ1n) is 7.85. The lowest BCUT2D eigenvalue weighted by molar-refractivity contribution is 0.130. The molecule has 0 spiro atoms. The fourth-order valence-electron chi connectivity index (χ4n) is 3.18. The summed E-state index contributed by atoms with van der Waals surface area (Å²) in [4.78, 5) is 2.66. The summed E-state index contributed by atoms with van der Waals surface area (Å²) >= 11 is 0. The van der Waals surface area contributed by atoms with Crippen molar-refractivity contribution < 1.29 is 0 Å². The van der Waals surface area contributed by atoms with Gasteiger partial charge in [-0.15, -0.1) is 0 Å². The smallest absolute Gasteiger partial charge is 0.0320 e. The molecule has 19 heavy (non-hydrogen) atoms. The Kier molecular flexibility index (Phi) is 4.19. The molecular weight excluding hydrogens is 232 g/mol. The number of piperidine rings is 1. The molecular formula is C17H26N2. The third kappa shape index (κ3) is 3.58. The molecule has 1 aliphatic heterocycles. The minimum atomic E-state index is 0.560. The second-order valence-electron chi connectivity index (χ2n) is 6.27. The van der Waals surface area contributed by atoms with Gasteiger partial charge >= 0.3 is 0 Å². The molecule has 1 aromatic carbocycles. The van der Waals surface area contributed by atoms with Crippen molar-refractivity contribution in [3.63, 3.8) is 0 Å². The van der Waals surface area contributed by atoms with Crippen molar-refractivity contribution in [2.45, 2.75) is 44.7 Å². The van der Waals surface area contributed by atoms with Crippen LogP contribution in [0.3, 0.4) is 0 Å². The third-order valence-corrected chi connectivity index (χ3v) is 4.65. The van der Waals surface area contributed by atoms with E-state index in [4.69, 9.17) is 0 Å². The fraction of sp³-hybridized carbons (Fsp3) is 0.647. The average molecular weight is 258 g/mol. The lowest BCUT2D eigenvalue weighted by Crippen LogP contribution is -2.41. The highest BCUT2D eigenvalue weighted by atomic mass is 15.2. The number of benzene rings is 1. The van der Waals surface area contributed by atoms with E-state index in [1.165, 1.54) is 50.9 Å². The van der Waals surface area contributed by atoms with E-state index < -0.39 is 0 Å². The number of hydrogen-bond acceptors (Lipinski definition) is 2. The molecule has 0 aromatic heterocycles. The van der Waals surface area contributed by atoms with Gasteiger partial charge in [-0.05, 0) is 57.2 Å². The van der Waals surface area contributed by atoms with Crippen LogP contribution in [0, 0.1) is 5.92 Å². The van der Waals surface area contributed by atoms with Crippen LogP contribution in [0.25, 0.3) is 0 Å². The van der Waals surface area contributed by atoms with Crippen molar-refractivity contribution in [3.8, 4) is 0 Å². The predicted octanol–water partition coefficient (Wildman–Crippen LogP) is 3.21. The van der Waals surface area contributed by atoms with Crippen molar-refractivity contribution in [1.29, 1.82) is 0 Å². The molecule has 0 bridgehead atoms. The first kappa shape index (κ1) is 13.1.